The molecular formula is C17H17F2N7O. The van der Waals surface area contributed by atoms with Crippen molar-refractivity contribution in [1.29, 1.82) is 0 Å². The Morgan fingerprint density at radius 3 is 2.74 bits per heavy atom. The Bertz CT molecular complexity index is 945. The van der Waals surface area contributed by atoms with Crippen LogP contribution in [0.4, 0.5) is 25.1 Å². The Balaban J connectivity index is 1.46. The molecule has 0 aliphatic rings. The summed E-state index contributed by atoms with van der Waals surface area (Å²) in [6.07, 6.45) is 3.20. The Hall–Kier alpha value is -3.56. The minimum absolute atomic E-state index is 0.100. The van der Waals surface area contributed by atoms with Crippen LogP contribution in [0.2, 0.25) is 0 Å². The minimum atomic E-state index is -0.842. The van der Waals surface area contributed by atoms with Crippen molar-refractivity contribution < 1.29 is 13.6 Å². The highest BCUT2D eigenvalue weighted by atomic mass is 19.1. The average Bonchev–Trinajstić information content (AvgIpc) is 3.08. The molecule has 3 rings (SSSR count). The number of aromatic nitrogens is 4. The number of hydrogen-bond acceptors (Lipinski definition) is 5. The number of nitrogens with zero attached hydrogens (tertiary/aromatic N) is 4. The molecular weight excluding hydrogens is 356 g/mol. The van der Waals surface area contributed by atoms with E-state index in [9.17, 15) is 13.6 Å². The van der Waals surface area contributed by atoms with Crippen LogP contribution in [0.3, 0.4) is 0 Å². The van der Waals surface area contributed by atoms with E-state index in [4.69, 9.17) is 0 Å². The Morgan fingerprint density at radius 1 is 1.15 bits per heavy atom. The monoisotopic (exact) mass is 373 g/mol. The van der Waals surface area contributed by atoms with Gasteiger partial charge in [-0.1, -0.05) is 0 Å². The van der Waals surface area contributed by atoms with Gasteiger partial charge in [0.15, 0.2) is 5.82 Å². The summed E-state index contributed by atoms with van der Waals surface area (Å²) in [5, 5.41) is 12.2. The summed E-state index contributed by atoms with van der Waals surface area (Å²) in [6.45, 7) is 2.52. The van der Waals surface area contributed by atoms with E-state index in [0.717, 1.165) is 17.8 Å². The Kier molecular flexibility index (Phi) is 5.55. The van der Waals surface area contributed by atoms with Gasteiger partial charge in [-0.05, 0) is 25.1 Å². The van der Waals surface area contributed by atoms with Gasteiger partial charge in [0.2, 0.25) is 0 Å². The van der Waals surface area contributed by atoms with Gasteiger partial charge >= 0.3 is 6.03 Å². The van der Waals surface area contributed by atoms with Crippen molar-refractivity contribution in [2.24, 2.45) is 0 Å². The molecule has 0 aliphatic carbocycles. The third kappa shape index (κ3) is 4.97. The smallest absolute Gasteiger partial charge is 0.319 e. The normalized spacial score (nSPS) is 10.5. The van der Waals surface area contributed by atoms with E-state index in [1.165, 1.54) is 6.33 Å². The van der Waals surface area contributed by atoms with E-state index in [0.29, 0.717) is 24.2 Å². The lowest BCUT2D eigenvalue weighted by molar-refractivity contribution is 0.252. The topological polar surface area (TPSA) is 96.8 Å². The largest absolute Gasteiger partial charge is 0.368 e. The molecule has 2 heterocycles. The molecule has 27 heavy (non-hydrogen) atoms. The number of nitrogens with one attached hydrogen (secondary N) is 3. The zero-order valence-corrected chi connectivity index (χ0v) is 14.4. The average molecular weight is 373 g/mol. The number of amides is 2. The van der Waals surface area contributed by atoms with Crippen LogP contribution in [0, 0.1) is 18.6 Å². The molecule has 0 radical (unpaired) electrons. The summed E-state index contributed by atoms with van der Waals surface area (Å²) < 4.78 is 28.0. The third-order valence-electron chi connectivity index (χ3n) is 3.51. The van der Waals surface area contributed by atoms with Crippen molar-refractivity contribution in [2.75, 3.05) is 23.7 Å². The number of aryl methyl sites for hydroxylation is 1. The highest BCUT2D eigenvalue weighted by Crippen LogP contribution is 2.14. The first-order chi connectivity index (χ1) is 13.0. The number of benzene rings is 1. The first kappa shape index (κ1) is 18.2. The fourth-order valence-corrected chi connectivity index (χ4v) is 2.24. The van der Waals surface area contributed by atoms with Crippen LogP contribution in [0.5, 0.6) is 0 Å². The van der Waals surface area contributed by atoms with Crippen molar-refractivity contribution >= 4 is 17.5 Å². The van der Waals surface area contributed by atoms with Crippen molar-refractivity contribution in [3.05, 3.63) is 60.2 Å². The number of rotatable bonds is 6. The highest BCUT2D eigenvalue weighted by molar-refractivity contribution is 5.89. The molecule has 10 heteroatoms. The predicted octanol–water partition coefficient (Wildman–Crippen LogP) is 2.48. The Morgan fingerprint density at radius 2 is 2.00 bits per heavy atom. The van der Waals surface area contributed by atoms with Gasteiger partial charge in [-0.2, -0.15) is 5.10 Å². The van der Waals surface area contributed by atoms with Crippen LogP contribution in [-0.4, -0.2) is 38.9 Å². The van der Waals surface area contributed by atoms with Crippen molar-refractivity contribution in [3.63, 3.8) is 0 Å². The van der Waals surface area contributed by atoms with Crippen molar-refractivity contribution in [1.82, 2.24) is 25.1 Å². The summed E-state index contributed by atoms with van der Waals surface area (Å²) in [6, 6.07) is 5.90. The minimum Gasteiger partial charge on any atom is -0.368 e. The maximum Gasteiger partial charge on any atom is 0.319 e. The molecule has 3 N–H and O–H groups in total. The maximum absolute atomic E-state index is 13.5. The van der Waals surface area contributed by atoms with Crippen LogP contribution >= 0.6 is 0 Å². The van der Waals surface area contributed by atoms with Gasteiger partial charge < -0.3 is 16.0 Å². The fraction of sp³-hybridized carbons (Fsp3) is 0.176. The molecule has 0 aliphatic heterocycles. The second-order valence-electron chi connectivity index (χ2n) is 5.59. The zero-order valence-electron chi connectivity index (χ0n) is 14.4. The number of urea groups is 1. The molecule has 1 aromatic carbocycles. The molecule has 140 valence electrons. The van der Waals surface area contributed by atoms with E-state index in [-0.39, 0.29) is 12.2 Å². The lowest BCUT2D eigenvalue weighted by Crippen LogP contribution is -2.33. The SMILES string of the molecule is Cc1ccn(-c2cc(NCCNC(=O)Nc3ccc(F)cc3F)ncn2)n1. The van der Waals surface area contributed by atoms with Gasteiger partial charge in [0.05, 0.1) is 11.4 Å². The number of anilines is 2. The standard InChI is InChI=1S/C17H17F2N7O/c1-11-4-7-26(25-11)16-9-15(22-10-23-16)20-5-6-21-17(27)24-14-3-2-12(18)8-13(14)19/h2-4,7-10H,5-6H2,1H3,(H,20,22,23)(H2,21,24,27). The van der Waals surface area contributed by atoms with Crippen molar-refractivity contribution in [2.45, 2.75) is 6.92 Å². The summed E-state index contributed by atoms with van der Waals surface area (Å²) in [4.78, 5) is 20.0. The molecule has 0 saturated carbocycles. The van der Waals surface area contributed by atoms with E-state index in [1.807, 2.05) is 13.0 Å². The second-order valence-corrected chi connectivity index (χ2v) is 5.59. The van der Waals surface area contributed by atoms with Gasteiger partial charge in [-0.25, -0.2) is 28.2 Å². The predicted molar refractivity (Wildman–Crippen MR) is 95.8 cm³/mol. The summed E-state index contributed by atoms with van der Waals surface area (Å²) in [5.41, 5.74) is 0.771. The molecule has 0 saturated heterocycles. The first-order valence-corrected chi connectivity index (χ1v) is 8.10. The lowest BCUT2D eigenvalue weighted by atomic mass is 10.3. The first-order valence-electron chi connectivity index (χ1n) is 8.10. The number of carbonyl (C=O) groups excluding carboxylic acids is 1. The van der Waals surface area contributed by atoms with Gasteiger partial charge in [-0.15, -0.1) is 0 Å². The van der Waals surface area contributed by atoms with Crippen molar-refractivity contribution in [3.8, 4) is 5.82 Å². The van der Waals surface area contributed by atoms with Crippen LogP contribution in [0.25, 0.3) is 5.82 Å². The summed E-state index contributed by atoms with van der Waals surface area (Å²) in [7, 11) is 0. The number of carbonyl (C=O) groups is 1. The molecule has 2 amide bonds. The van der Waals surface area contributed by atoms with E-state index in [1.54, 1.807) is 16.9 Å². The lowest BCUT2D eigenvalue weighted by Gasteiger charge is -2.10. The van der Waals surface area contributed by atoms with E-state index >= 15 is 0 Å². The molecule has 0 bridgehead atoms. The maximum atomic E-state index is 13.5. The van der Waals surface area contributed by atoms with Gasteiger partial charge in [0.1, 0.15) is 23.8 Å². The van der Waals surface area contributed by atoms with Gasteiger partial charge in [0, 0.05) is 31.4 Å². The van der Waals surface area contributed by atoms with Gasteiger partial charge in [0.25, 0.3) is 0 Å². The van der Waals surface area contributed by atoms with E-state index < -0.39 is 17.7 Å². The fourth-order valence-electron chi connectivity index (χ4n) is 2.24. The highest BCUT2D eigenvalue weighted by Gasteiger charge is 2.07. The molecule has 3 aromatic rings. The summed E-state index contributed by atoms with van der Waals surface area (Å²) in [5.74, 6) is -0.374. The molecule has 0 spiro atoms. The molecule has 0 fully saturated rings. The van der Waals surface area contributed by atoms with Crippen LogP contribution in [0.1, 0.15) is 5.69 Å². The Labute approximate surface area is 153 Å². The van der Waals surface area contributed by atoms with Crippen LogP contribution < -0.4 is 16.0 Å². The number of hydrogen-bond donors (Lipinski definition) is 3. The molecule has 0 unspecified atom stereocenters. The molecule has 2 aromatic heterocycles. The number of halogens is 2. The third-order valence-corrected chi connectivity index (χ3v) is 3.51. The van der Waals surface area contributed by atoms with E-state index in [2.05, 4.69) is 31.0 Å². The quantitative estimate of drug-likeness (QED) is 0.577. The molecule has 8 nitrogen and oxygen atoms in total. The van der Waals surface area contributed by atoms with Crippen LogP contribution in [-0.2, 0) is 0 Å². The zero-order chi connectivity index (χ0) is 19.2. The second kappa shape index (κ2) is 8.21. The van der Waals surface area contributed by atoms with Gasteiger partial charge in [-0.3, -0.25) is 0 Å². The molecule has 0 atom stereocenters. The summed E-state index contributed by atoms with van der Waals surface area (Å²) >= 11 is 0. The van der Waals surface area contributed by atoms with Crippen LogP contribution in [0.15, 0.2) is 42.9 Å².